The van der Waals surface area contributed by atoms with Gasteiger partial charge in [0, 0.05) is 31.0 Å². The van der Waals surface area contributed by atoms with Crippen LogP contribution < -0.4 is 0 Å². The molecule has 0 radical (unpaired) electrons. The lowest BCUT2D eigenvalue weighted by Crippen LogP contribution is -2.32. The number of hydrogen-bond donors (Lipinski definition) is 1. The first-order valence-corrected chi connectivity index (χ1v) is 11.5. The molecule has 2 heterocycles. The van der Waals surface area contributed by atoms with Gasteiger partial charge in [0.1, 0.15) is 6.61 Å². The molecule has 3 rings (SSSR count). The number of ether oxygens (including phenoxy) is 1. The van der Waals surface area contributed by atoms with Crippen molar-refractivity contribution in [3.8, 4) is 0 Å². The van der Waals surface area contributed by atoms with Crippen molar-refractivity contribution in [1.29, 1.82) is 0 Å². The van der Waals surface area contributed by atoms with E-state index in [0.29, 0.717) is 0 Å². The second-order valence-electron chi connectivity index (χ2n) is 7.73. The number of alkyl halides is 3. The fraction of sp³-hybridized carbons (Fsp3) is 0.478. The number of allylic oxidation sites excluding steroid dienone is 1. The highest BCUT2D eigenvalue weighted by molar-refractivity contribution is 8.14. The van der Waals surface area contributed by atoms with Gasteiger partial charge in [-0.3, -0.25) is 4.99 Å². The largest absolute Gasteiger partial charge is 0.480 e. The van der Waals surface area contributed by atoms with Gasteiger partial charge in [-0.25, -0.2) is 4.79 Å². The van der Waals surface area contributed by atoms with Crippen LogP contribution in [0, 0.1) is 0 Å². The molecule has 9 heteroatoms. The molecule has 1 N–H and O–H groups in total. The Balaban J connectivity index is 1.57. The highest BCUT2D eigenvalue weighted by Gasteiger charge is 2.30. The monoisotopic (exact) mass is 468 g/mol. The molecule has 1 saturated heterocycles. The van der Waals surface area contributed by atoms with E-state index in [1.165, 1.54) is 23.3 Å². The van der Waals surface area contributed by atoms with Crippen molar-refractivity contribution in [2.45, 2.75) is 32.0 Å². The molecule has 0 bridgehead atoms. The van der Waals surface area contributed by atoms with Crippen molar-refractivity contribution in [2.75, 3.05) is 38.6 Å². The van der Waals surface area contributed by atoms with Gasteiger partial charge in [-0.1, -0.05) is 24.3 Å². The number of carbonyl (C=O) groups is 1. The SMILES string of the molecule is C/C=C1/CCN(CC2CSC(c3ccc(C(F)(F)F)cc3)=N2)CC/C1=C/COCC(=O)O. The number of aliphatic carboxylic acids is 1. The number of aliphatic imine (C=N–C) groups is 1. The molecule has 1 atom stereocenters. The van der Waals surface area contributed by atoms with E-state index < -0.39 is 17.7 Å². The van der Waals surface area contributed by atoms with Gasteiger partial charge in [-0.05, 0) is 43.0 Å². The molecule has 1 aromatic rings. The van der Waals surface area contributed by atoms with Gasteiger partial charge in [0.15, 0.2) is 0 Å². The summed E-state index contributed by atoms with van der Waals surface area (Å²) in [6.07, 6.45) is 1.48. The van der Waals surface area contributed by atoms with Crippen LogP contribution in [0.15, 0.2) is 52.6 Å². The summed E-state index contributed by atoms with van der Waals surface area (Å²) in [5, 5.41) is 9.47. The van der Waals surface area contributed by atoms with Gasteiger partial charge < -0.3 is 14.7 Å². The third kappa shape index (κ3) is 6.95. The van der Waals surface area contributed by atoms with E-state index in [-0.39, 0.29) is 19.3 Å². The molecule has 0 spiro atoms. The zero-order valence-corrected chi connectivity index (χ0v) is 18.7. The lowest BCUT2D eigenvalue weighted by atomic mass is 10.0. The third-order valence-electron chi connectivity index (χ3n) is 5.47. The molecule has 5 nitrogen and oxygen atoms in total. The van der Waals surface area contributed by atoms with E-state index in [2.05, 4.69) is 11.0 Å². The summed E-state index contributed by atoms with van der Waals surface area (Å²) in [5.74, 6) is -0.165. The summed E-state index contributed by atoms with van der Waals surface area (Å²) in [6, 6.07) is 5.30. The minimum Gasteiger partial charge on any atom is -0.480 e. The fourth-order valence-corrected chi connectivity index (χ4v) is 4.86. The smallest absolute Gasteiger partial charge is 0.416 e. The van der Waals surface area contributed by atoms with Crippen LogP contribution >= 0.6 is 11.8 Å². The van der Waals surface area contributed by atoms with Gasteiger partial charge in [-0.2, -0.15) is 13.2 Å². The Morgan fingerprint density at radius 1 is 1.25 bits per heavy atom. The Labute approximate surface area is 190 Å². The summed E-state index contributed by atoms with van der Waals surface area (Å²) in [4.78, 5) is 17.7. The maximum absolute atomic E-state index is 12.8. The molecule has 32 heavy (non-hydrogen) atoms. The highest BCUT2D eigenvalue weighted by Crippen LogP contribution is 2.31. The average Bonchev–Trinajstić information content (AvgIpc) is 3.12. The predicted molar refractivity (Wildman–Crippen MR) is 120 cm³/mol. The third-order valence-corrected chi connectivity index (χ3v) is 6.64. The second-order valence-corrected chi connectivity index (χ2v) is 8.74. The molecular formula is C23H27F3N2O3S. The molecule has 0 aliphatic carbocycles. The number of carboxylic acid groups (broad SMARTS) is 1. The van der Waals surface area contributed by atoms with Crippen LogP contribution in [0.5, 0.6) is 0 Å². The average molecular weight is 469 g/mol. The molecule has 0 aromatic heterocycles. The van der Waals surface area contributed by atoms with E-state index in [4.69, 9.17) is 14.8 Å². The zero-order valence-electron chi connectivity index (χ0n) is 17.9. The Hall–Kier alpha value is -2.10. The number of hydrogen-bond acceptors (Lipinski definition) is 5. The number of benzene rings is 1. The van der Waals surface area contributed by atoms with E-state index in [1.807, 2.05) is 13.0 Å². The van der Waals surface area contributed by atoms with Crippen molar-refractivity contribution < 1.29 is 27.8 Å². The van der Waals surface area contributed by atoms with Crippen LogP contribution in [0.1, 0.15) is 30.9 Å². The standard InChI is InChI=1S/C23H27F3N2O3S/c1-2-16-7-10-28(11-8-17(16)9-12-31-14-21(29)30)13-20-15-32-22(27-20)18-3-5-19(6-4-18)23(24,25)26/h2-6,9,20H,7-8,10-15H2,1H3,(H,29,30)/b16-2-,17-9-. The van der Waals surface area contributed by atoms with Gasteiger partial charge in [0.2, 0.25) is 0 Å². The van der Waals surface area contributed by atoms with Gasteiger partial charge in [0.25, 0.3) is 0 Å². The number of thioether (sulfide) groups is 1. The van der Waals surface area contributed by atoms with E-state index >= 15 is 0 Å². The topological polar surface area (TPSA) is 62.1 Å². The quantitative estimate of drug-likeness (QED) is 0.591. The Morgan fingerprint density at radius 3 is 2.56 bits per heavy atom. The van der Waals surface area contributed by atoms with Crippen LogP contribution in [0.3, 0.4) is 0 Å². The van der Waals surface area contributed by atoms with Gasteiger partial charge >= 0.3 is 12.1 Å². The maximum atomic E-state index is 12.8. The van der Waals surface area contributed by atoms with E-state index in [1.54, 1.807) is 11.8 Å². The number of carboxylic acids is 1. The summed E-state index contributed by atoms with van der Waals surface area (Å²) in [6.45, 7) is 4.55. The first-order valence-electron chi connectivity index (χ1n) is 10.5. The van der Waals surface area contributed by atoms with Gasteiger partial charge in [0.05, 0.1) is 23.3 Å². The first-order chi connectivity index (χ1) is 15.3. The Kier molecular flexibility index (Phi) is 8.56. The molecular weight excluding hydrogens is 441 g/mol. The number of rotatable bonds is 7. The van der Waals surface area contributed by atoms with Crippen LogP contribution in [0.2, 0.25) is 0 Å². The molecule has 1 aromatic carbocycles. The van der Waals surface area contributed by atoms with Crippen LogP contribution in [-0.2, 0) is 15.7 Å². The normalized spacial score (nSPS) is 22.9. The fourth-order valence-electron chi connectivity index (χ4n) is 3.81. The summed E-state index contributed by atoms with van der Waals surface area (Å²) < 4.78 is 43.5. The maximum Gasteiger partial charge on any atom is 0.416 e. The highest BCUT2D eigenvalue weighted by atomic mass is 32.2. The molecule has 0 saturated carbocycles. The number of likely N-dealkylation sites (tertiary alicyclic amines) is 1. The summed E-state index contributed by atoms with van der Waals surface area (Å²) in [7, 11) is 0. The lowest BCUT2D eigenvalue weighted by molar-refractivity contribution is -0.141. The van der Waals surface area contributed by atoms with Crippen LogP contribution in [0.4, 0.5) is 13.2 Å². The van der Waals surface area contributed by atoms with E-state index in [9.17, 15) is 18.0 Å². The number of nitrogens with zero attached hydrogens (tertiary/aromatic N) is 2. The molecule has 1 unspecified atom stereocenters. The lowest BCUT2D eigenvalue weighted by Gasteiger charge is -2.21. The Morgan fingerprint density at radius 2 is 1.94 bits per heavy atom. The molecule has 174 valence electrons. The summed E-state index contributed by atoms with van der Waals surface area (Å²) in [5.41, 5.74) is 2.52. The van der Waals surface area contributed by atoms with Crippen molar-refractivity contribution in [1.82, 2.24) is 4.90 Å². The molecule has 2 aliphatic heterocycles. The molecule has 1 fully saturated rings. The van der Waals surface area contributed by atoms with Crippen molar-refractivity contribution >= 4 is 22.8 Å². The van der Waals surface area contributed by atoms with Gasteiger partial charge in [-0.15, -0.1) is 11.8 Å². The van der Waals surface area contributed by atoms with Crippen molar-refractivity contribution in [3.63, 3.8) is 0 Å². The Bertz CT molecular complexity index is 895. The van der Waals surface area contributed by atoms with E-state index in [0.717, 1.165) is 61.0 Å². The van der Waals surface area contributed by atoms with Crippen LogP contribution in [0.25, 0.3) is 0 Å². The second kappa shape index (κ2) is 11.2. The minimum absolute atomic E-state index is 0.107. The van der Waals surface area contributed by atoms with Crippen molar-refractivity contribution in [3.05, 3.63) is 58.7 Å². The molecule has 2 aliphatic rings. The first kappa shape index (κ1) is 24.5. The van der Waals surface area contributed by atoms with Crippen molar-refractivity contribution in [2.24, 2.45) is 4.99 Å². The number of halogens is 3. The minimum atomic E-state index is -4.33. The zero-order chi connectivity index (χ0) is 23.1. The predicted octanol–water partition coefficient (Wildman–Crippen LogP) is 4.64. The van der Waals surface area contributed by atoms with Crippen LogP contribution in [-0.4, -0.2) is 65.7 Å². The summed E-state index contributed by atoms with van der Waals surface area (Å²) >= 11 is 1.59. The molecule has 0 amide bonds.